The molecule has 4 nitrogen and oxygen atoms in total. The maximum absolute atomic E-state index is 12.3. The van der Waals surface area contributed by atoms with E-state index in [0.29, 0.717) is 13.2 Å². The molecule has 0 radical (unpaired) electrons. The second-order valence-corrected chi connectivity index (χ2v) is 6.94. The van der Waals surface area contributed by atoms with Crippen molar-refractivity contribution in [2.75, 3.05) is 13.2 Å². The fraction of sp³-hybridized carbons (Fsp3) is 0.941. The first kappa shape index (κ1) is 16.8. The van der Waals surface area contributed by atoms with E-state index < -0.39 is 5.79 Å². The van der Waals surface area contributed by atoms with Gasteiger partial charge in [-0.1, -0.05) is 32.6 Å². The summed E-state index contributed by atoms with van der Waals surface area (Å²) in [5.74, 6) is 0.310. The van der Waals surface area contributed by atoms with Crippen LogP contribution in [0.1, 0.15) is 65.7 Å². The molecule has 0 spiro atoms. The van der Waals surface area contributed by atoms with Crippen LogP contribution in [0, 0.1) is 11.8 Å². The molecule has 21 heavy (non-hydrogen) atoms. The smallest absolute Gasteiger partial charge is 0.309 e. The fourth-order valence-electron chi connectivity index (χ4n) is 3.08. The molecular formula is C17H30O4. The lowest BCUT2D eigenvalue weighted by Gasteiger charge is -2.27. The van der Waals surface area contributed by atoms with Crippen LogP contribution in [0.15, 0.2) is 0 Å². The summed E-state index contributed by atoms with van der Waals surface area (Å²) in [5, 5.41) is 0. The van der Waals surface area contributed by atoms with E-state index in [1.807, 2.05) is 13.8 Å². The van der Waals surface area contributed by atoms with Crippen LogP contribution in [0.2, 0.25) is 0 Å². The predicted octanol–water partition coefficient (Wildman–Crippen LogP) is 3.68. The van der Waals surface area contributed by atoms with Crippen LogP contribution in [0.5, 0.6) is 0 Å². The number of hydrogen-bond acceptors (Lipinski definition) is 4. The van der Waals surface area contributed by atoms with Crippen molar-refractivity contribution >= 4 is 5.97 Å². The van der Waals surface area contributed by atoms with Crippen LogP contribution in [0.4, 0.5) is 0 Å². The monoisotopic (exact) mass is 298 g/mol. The quantitative estimate of drug-likeness (QED) is 0.641. The number of carbonyl (C=O) groups is 1. The van der Waals surface area contributed by atoms with Gasteiger partial charge in [0.2, 0.25) is 0 Å². The molecule has 2 fully saturated rings. The zero-order valence-electron chi connectivity index (χ0n) is 13.7. The Morgan fingerprint density at radius 3 is 2.62 bits per heavy atom. The summed E-state index contributed by atoms with van der Waals surface area (Å²) in [6, 6.07) is 0. The van der Waals surface area contributed by atoms with Crippen LogP contribution >= 0.6 is 0 Å². The van der Waals surface area contributed by atoms with Gasteiger partial charge in [0, 0.05) is 0 Å². The van der Waals surface area contributed by atoms with E-state index in [-0.39, 0.29) is 18.0 Å². The summed E-state index contributed by atoms with van der Waals surface area (Å²) < 4.78 is 16.6. The Bertz CT molecular complexity index is 336. The lowest BCUT2D eigenvalue weighted by atomic mass is 9.80. The molecule has 0 aromatic rings. The molecule has 122 valence electrons. The van der Waals surface area contributed by atoms with Crippen molar-refractivity contribution in [3.05, 3.63) is 0 Å². The van der Waals surface area contributed by atoms with Crippen molar-refractivity contribution in [2.24, 2.45) is 11.8 Å². The lowest BCUT2D eigenvalue weighted by molar-refractivity contribution is -0.162. The van der Waals surface area contributed by atoms with Crippen LogP contribution in [0.3, 0.4) is 0 Å². The first-order valence-electron chi connectivity index (χ1n) is 8.48. The molecule has 2 unspecified atom stereocenters. The van der Waals surface area contributed by atoms with Crippen molar-refractivity contribution in [1.82, 2.24) is 0 Å². The Morgan fingerprint density at radius 1 is 1.33 bits per heavy atom. The van der Waals surface area contributed by atoms with Gasteiger partial charge >= 0.3 is 5.97 Å². The third kappa shape index (κ3) is 5.26. The van der Waals surface area contributed by atoms with E-state index in [2.05, 4.69) is 6.92 Å². The van der Waals surface area contributed by atoms with Crippen molar-refractivity contribution in [3.8, 4) is 0 Å². The molecule has 0 N–H and O–H groups in total. The average Bonchev–Trinajstić information content (AvgIpc) is 2.72. The van der Waals surface area contributed by atoms with Gasteiger partial charge in [-0.2, -0.15) is 0 Å². The van der Waals surface area contributed by atoms with Gasteiger partial charge in [-0.15, -0.1) is 0 Å². The highest BCUT2D eigenvalue weighted by molar-refractivity contribution is 5.72. The summed E-state index contributed by atoms with van der Waals surface area (Å²) in [6.07, 6.45) is 8.03. The molecule has 2 rings (SSSR count). The van der Waals surface area contributed by atoms with Crippen LogP contribution in [-0.2, 0) is 19.0 Å². The zero-order valence-corrected chi connectivity index (χ0v) is 13.7. The standard InChI is InChI=1S/C17H30O4/c1-4-6-14(10-9-13-7-5-8-13)16(18)19-11-15-12-20-17(2,3)21-15/h13-15H,4-12H2,1-3H3. The first-order chi connectivity index (χ1) is 10.00. The van der Waals surface area contributed by atoms with E-state index in [1.54, 1.807) is 0 Å². The van der Waals surface area contributed by atoms with Gasteiger partial charge in [-0.25, -0.2) is 0 Å². The van der Waals surface area contributed by atoms with Gasteiger partial charge in [0.15, 0.2) is 5.79 Å². The second kappa shape index (κ2) is 7.59. The van der Waals surface area contributed by atoms with Crippen LogP contribution in [0.25, 0.3) is 0 Å². The van der Waals surface area contributed by atoms with Gasteiger partial charge in [0.1, 0.15) is 12.7 Å². The van der Waals surface area contributed by atoms with Crippen LogP contribution in [-0.4, -0.2) is 31.1 Å². The van der Waals surface area contributed by atoms with Gasteiger partial charge in [-0.05, 0) is 39.0 Å². The molecule has 0 amide bonds. The predicted molar refractivity (Wildman–Crippen MR) is 80.8 cm³/mol. The van der Waals surface area contributed by atoms with E-state index in [1.165, 1.54) is 25.7 Å². The maximum atomic E-state index is 12.3. The van der Waals surface area contributed by atoms with Crippen molar-refractivity contribution < 1.29 is 19.0 Å². The molecular weight excluding hydrogens is 268 g/mol. The lowest BCUT2D eigenvalue weighted by Crippen LogP contribution is -2.27. The minimum atomic E-state index is -0.551. The summed E-state index contributed by atoms with van der Waals surface area (Å²) in [4.78, 5) is 12.3. The number of carbonyl (C=O) groups excluding carboxylic acids is 1. The third-order valence-electron chi connectivity index (χ3n) is 4.60. The molecule has 1 heterocycles. The minimum Gasteiger partial charge on any atom is -0.463 e. The average molecular weight is 298 g/mol. The molecule has 0 bridgehead atoms. The second-order valence-electron chi connectivity index (χ2n) is 6.94. The third-order valence-corrected chi connectivity index (χ3v) is 4.60. The highest BCUT2D eigenvalue weighted by Gasteiger charge is 2.34. The molecule has 2 atom stereocenters. The van der Waals surface area contributed by atoms with Gasteiger partial charge < -0.3 is 14.2 Å². The van der Waals surface area contributed by atoms with Crippen molar-refractivity contribution in [1.29, 1.82) is 0 Å². The molecule has 4 heteroatoms. The minimum absolute atomic E-state index is 0.0514. The summed E-state index contributed by atoms with van der Waals surface area (Å²) in [7, 11) is 0. The highest BCUT2D eigenvalue weighted by atomic mass is 16.7. The molecule has 1 saturated carbocycles. The molecule has 1 aliphatic carbocycles. The Morgan fingerprint density at radius 2 is 2.10 bits per heavy atom. The zero-order chi connectivity index (χ0) is 15.3. The molecule has 0 aromatic heterocycles. The summed E-state index contributed by atoms with van der Waals surface area (Å²) in [5.41, 5.74) is 0. The Labute approximate surface area is 128 Å². The normalized spacial score (nSPS) is 26.3. The fourth-order valence-corrected chi connectivity index (χ4v) is 3.08. The van der Waals surface area contributed by atoms with E-state index in [0.717, 1.165) is 25.2 Å². The summed E-state index contributed by atoms with van der Waals surface area (Å²) in [6.45, 7) is 6.70. The molecule has 1 aliphatic heterocycles. The topological polar surface area (TPSA) is 44.8 Å². The molecule has 0 aromatic carbocycles. The Balaban J connectivity index is 1.70. The number of hydrogen-bond donors (Lipinski definition) is 0. The van der Waals surface area contributed by atoms with E-state index >= 15 is 0 Å². The van der Waals surface area contributed by atoms with Crippen molar-refractivity contribution in [2.45, 2.75) is 77.6 Å². The van der Waals surface area contributed by atoms with Crippen molar-refractivity contribution in [3.63, 3.8) is 0 Å². The maximum Gasteiger partial charge on any atom is 0.309 e. The van der Waals surface area contributed by atoms with Crippen LogP contribution < -0.4 is 0 Å². The largest absolute Gasteiger partial charge is 0.463 e. The highest BCUT2D eigenvalue weighted by Crippen LogP contribution is 2.32. The van der Waals surface area contributed by atoms with Gasteiger partial charge in [-0.3, -0.25) is 4.79 Å². The van der Waals surface area contributed by atoms with Gasteiger partial charge in [0.25, 0.3) is 0 Å². The Hall–Kier alpha value is -0.610. The van der Waals surface area contributed by atoms with E-state index in [4.69, 9.17) is 14.2 Å². The number of ether oxygens (including phenoxy) is 3. The van der Waals surface area contributed by atoms with Gasteiger partial charge in [0.05, 0.1) is 12.5 Å². The molecule has 1 saturated heterocycles. The number of rotatable bonds is 8. The number of esters is 1. The van der Waals surface area contributed by atoms with E-state index in [9.17, 15) is 4.79 Å². The first-order valence-corrected chi connectivity index (χ1v) is 8.48. The summed E-state index contributed by atoms with van der Waals surface area (Å²) >= 11 is 0. The Kier molecular flexibility index (Phi) is 6.06. The molecule has 2 aliphatic rings. The SMILES string of the molecule is CCCC(CCC1CCC1)C(=O)OCC1COC(C)(C)O1.